The summed E-state index contributed by atoms with van der Waals surface area (Å²) in [5, 5.41) is 7.34. The van der Waals surface area contributed by atoms with E-state index in [0.717, 1.165) is 11.4 Å². The van der Waals surface area contributed by atoms with E-state index in [-0.39, 0.29) is 5.91 Å². The van der Waals surface area contributed by atoms with Crippen molar-refractivity contribution in [2.75, 3.05) is 5.32 Å². The highest BCUT2D eigenvalue weighted by Crippen LogP contribution is 2.40. The topological polar surface area (TPSA) is 46.9 Å². The van der Waals surface area contributed by atoms with Gasteiger partial charge in [-0.25, -0.2) is 4.68 Å². The average Bonchev–Trinajstić information content (AvgIpc) is 3.21. The van der Waals surface area contributed by atoms with E-state index in [4.69, 9.17) is 0 Å². The van der Waals surface area contributed by atoms with Gasteiger partial charge in [-0.3, -0.25) is 4.79 Å². The number of carbonyl (C=O) groups excluding carboxylic acids is 1. The molecule has 3 rings (SSSR count). The molecular formula is C17H21N3O. The number of carbonyl (C=O) groups is 1. The van der Waals surface area contributed by atoms with E-state index in [2.05, 4.69) is 17.3 Å². The van der Waals surface area contributed by atoms with E-state index in [0.29, 0.717) is 17.5 Å². The quantitative estimate of drug-likeness (QED) is 0.929. The van der Waals surface area contributed by atoms with E-state index in [9.17, 15) is 4.79 Å². The molecule has 2 aromatic rings. The van der Waals surface area contributed by atoms with Crippen LogP contribution in [0, 0.1) is 19.8 Å². The van der Waals surface area contributed by atoms with Crippen LogP contribution in [0.1, 0.15) is 47.3 Å². The standard InChI is InChI=1S/C17H21N3O/c1-11-4-5-15(10-12(11)2)17(21)19-16-8-9-18-20(16)13(3)14-6-7-14/h4-5,8-10,13-14H,6-7H2,1-3H3,(H,19,21). The number of benzene rings is 1. The zero-order valence-electron chi connectivity index (χ0n) is 12.8. The first-order chi connectivity index (χ1) is 10.1. The Kier molecular flexibility index (Phi) is 3.53. The van der Waals surface area contributed by atoms with E-state index in [1.807, 2.05) is 42.8 Å². The molecular weight excluding hydrogens is 262 g/mol. The molecule has 0 bridgehead atoms. The van der Waals surface area contributed by atoms with Crippen LogP contribution in [-0.2, 0) is 0 Å². The maximum Gasteiger partial charge on any atom is 0.256 e. The molecule has 1 aromatic carbocycles. The molecule has 4 nitrogen and oxygen atoms in total. The molecule has 1 aliphatic carbocycles. The maximum atomic E-state index is 12.4. The van der Waals surface area contributed by atoms with Crippen LogP contribution in [0.5, 0.6) is 0 Å². The lowest BCUT2D eigenvalue weighted by Crippen LogP contribution is -2.18. The second kappa shape index (κ2) is 5.35. The largest absolute Gasteiger partial charge is 0.307 e. The third-order valence-electron chi connectivity index (χ3n) is 4.37. The number of nitrogens with one attached hydrogen (secondary N) is 1. The van der Waals surface area contributed by atoms with Crippen molar-refractivity contribution in [3.63, 3.8) is 0 Å². The first-order valence-electron chi connectivity index (χ1n) is 7.48. The Labute approximate surface area is 125 Å². The van der Waals surface area contributed by atoms with Gasteiger partial charge in [0.15, 0.2) is 0 Å². The average molecular weight is 283 g/mol. The maximum absolute atomic E-state index is 12.4. The molecule has 110 valence electrons. The second-order valence-corrected chi connectivity index (χ2v) is 5.99. The molecule has 1 atom stereocenters. The number of anilines is 1. The summed E-state index contributed by atoms with van der Waals surface area (Å²) >= 11 is 0. The highest BCUT2D eigenvalue weighted by Gasteiger charge is 2.30. The molecule has 0 radical (unpaired) electrons. The smallest absolute Gasteiger partial charge is 0.256 e. The molecule has 1 saturated carbocycles. The van der Waals surface area contributed by atoms with Gasteiger partial charge in [-0.05, 0) is 62.8 Å². The number of aromatic nitrogens is 2. The van der Waals surface area contributed by atoms with Gasteiger partial charge in [0.25, 0.3) is 5.91 Å². The van der Waals surface area contributed by atoms with Crippen LogP contribution in [0.4, 0.5) is 5.82 Å². The fourth-order valence-corrected chi connectivity index (χ4v) is 2.59. The molecule has 1 aliphatic rings. The molecule has 1 heterocycles. The predicted molar refractivity (Wildman–Crippen MR) is 83.5 cm³/mol. The van der Waals surface area contributed by atoms with Crippen LogP contribution in [-0.4, -0.2) is 15.7 Å². The lowest BCUT2D eigenvalue weighted by Gasteiger charge is -2.15. The minimum Gasteiger partial charge on any atom is -0.307 e. The van der Waals surface area contributed by atoms with Crippen molar-refractivity contribution in [3.05, 3.63) is 47.2 Å². The Hall–Kier alpha value is -2.10. The fraction of sp³-hybridized carbons (Fsp3) is 0.412. The van der Waals surface area contributed by atoms with Crippen molar-refractivity contribution in [3.8, 4) is 0 Å². The van der Waals surface area contributed by atoms with Gasteiger partial charge in [-0.2, -0.15) is 5.10 Å². The molecule has 1 unspecified atom stereocenters. The number of hydrogen-bond donors (Lipinski definition) is 1. The van der Waals surface area contributed by atoms with Gasteiger partial charge >= 0.3 is 0 Å². The van der Waals surface area contributed by atoms with Crippen LogP contribution in [0.3, 0.4) is 0 Å². The molecule has 1 N–H and O–H groups in total. The molecule has 1 aromatic heterocycles. The van der Waals surface area contributed by atoms with Gasteiger partial charge in [0.1, 0.15) is 5.82 Å². The van der Waals surface area contributed by atoms with Crippen LogP contribution in [0.25, 0.3) is 0 Å². The number of aryl methyl sites for hydroxylation is 2. The number of amides is 1. The van der Waals surface area contributed by atoms with Crippen LogP contribution >= 0.6 is 0 Å². The van der Waals surface area contributed by atoms with E-state index < -0.39 is 0 Å². The summed E-state index contributed by atoms with van der Waals surface area (Å²) in [6.45, 7) is 6.23. The highest BCUT2D eigenvalue weighted by atomic mass is 16.1. The summed E-state index contributed by atoms with van der Waals surface area (Å²) in [6.07, 6.45) is 4.26. The second-order valence-electron chi connectivity index (χ2n) is 5.99. The van der Waals surface area contributed by atoms with Gasteiger partial charge < -0.3 is 5.32 Å². The lowest BCUT2D eigenvalue weighted by molar-refractivity contribution is 0.102. The third-order valence-corrected chi connectivity index (χ3v) is 4.37. The molecule has 1 amide bonds. The summed E-state index contributed by atoms with van der Waals surface area (Å²) in [6, 6.07) is 7.97. The Morgan fingerprint density at radius 2 is 2.05 bits per heavy atom. The van der Waals surface area contributed by atoms with Crippen molar-refractivity contribution in [1.82, 2.24) is 9.78 Å². The Morgan fingerprint density at radius 1 is 1.29 bits per heavy atom. The highest BCUT2D eigenvalue weighted by molar-refractivity contribution is 6.04. The van der Waals surface area contributed by atoms with Gasteiger partial charge in [-0.15, -0.1) is 0 Å². The number of rotatable bonds is 4. The molecule has 0 spiro atoms. The number of hydrogen-bond acceptors (Lipinski definition) is 2. The third kappa shape index (κ3) is 2.84. The Balaban J connectivity index is 1.78. The lowest BCUT2D eigenvalue weighted by atomic mass is 10.1. The van der Waals surface area contributed by atoms with Crippen molar-refractivity contribution < 1.29 is 4.79 Å². The van der Waals surface area contributed by atoms with Gasteiger partial charge in [0.2, 0.25) is 0 Å². The van der Waals surface area contributed by atoms with Gasteiger partial charge in [0.05, 0.1) is 12.2 Å². The van der Waals surface area contributed by atoms with Gasteiger partial charge in [0, 0.05) is 11.6 Å². The van der Waals surface area contributed by atoms with Crippen LogP contribution < -0.4 is 5.32 Å². The summed E-state index contributed by atoms with van der Waals surface area (Å²) in [5.41, 5.74) is 3.01. The number of nitrogens with zero attached hydrogens (tertiary/aromatic N) is 2. The summed E-state index contributed by atoms with van der Waals surface area (Å²) < 4.78 is 1.93. The Bertz CT molecular complexity index is 670. The van der Waals surface area contributed by atoms with Crippen molar-refractivity contribution in [2.24, 2.45) is 5.92 Å². The summed E-state index contributed by atoms with van der Waals surface area (Å²) in [7, 11) is 0. The van der Waals surface area contributed by atoms with E-state index in [1.54, 1.807) is 6.20 Å². The van der Waals surface area contributed by atoms with Crippen molar-refractivity contribution in [2.45, 2.75) is 39.7 Å². The predicted octanol–water partition coefficient (Wildman–Crippen LogP) is 3.72. The minimum absolute atomic E-state index is 0.0807. The van der Waals surface area contributed by atoms with Crippen LogP contribution in [0.2, 0.25) is 0 Å². The molecule has 1 fully saturated rings. The SMILES string of the molecule is Cc1ccc(C(=O)Nc2ccnn2C(C)C2CC2)cc1C. The minimum atomic E-state index is -0.0807. The molecule has 0 saturated heterocycles. The molecule has 21 heavy (non-hydrogen) atoms. The molecule has 4 heteroatoms. The molecule has 0 aliphatic heterocycles. The van der Waals surface area contributed by atoms with E-state index in [1.165, 1.54) is 18.4 Å². The normalized spacial score (nSPS) is 15.8. The van der Waals surface area contributed by atoms with Crippen molar-refractivity contribution in [1.29, 1.82) is 0 Å². The van der Waals surface area contributed by atoms with E-state index >= 15 is 0 Å². The fourth-order valence-electron chi connectivity index (χ4n) is 2.59. The summed E-state index contributed by atoms with van der Waals surface area (Å²) in [4.78, 5) is 12.4. The zero-order valence-corrected chi connectivity index (χ0v) is 12.8. The first-order valence-corrected chi connectivity index (χ1v) is 7.48. The first kappa shape index (κ1) is 13.9. The Morgan fingerprint density at radius 3 is 2.71 bits per heavy atom. The monoisotopic (exact) mass is 283 g/mol. The van der Waals surface area contributed by atoms with Crippen molar-refractivity contribution >= 4 is 11.7 Å². The zero-order chi connectivity index (χ0) is 15.0. The summed E-state index contributed by atoms with van der Waals surface area (Å²) in [5.74, 6) is 1.39. The van der Waals surface area contributed by atoms with Crippen LogP contribution in [0.15, 0.2) is 30.5 Å². The van der Waals surface area contributed by atoms with Gasteiger partial charge in [-0.1, -0.05) is 6.07 Å².